The molecular weight excluding hydrogens is 638 g/mol. The van der Waals surface area contributed by atoms with Gasteiger partial charge < -0.3 is 10.1 Å². The molecule has 4 saturated carbocycles. The molecule has 0 spiro atoms. The van der Waals surface area contributed by atoms with Crippen LogP contribution in [0.1, 0.15) is 148 Å². The van der Waals surface area contributed by atoms with Crippen molar-refractivity contribution in [1.29, 1.82) is 0 Å². The molecular formula is C30H54Br2N2NiP. The van der Waals surface area contributed by atoms with Gasteiger partial charge in [-0.15, -0.1) is 12.1 Å². The van der Waals surface area contributed by atoms with E-state index in [2.05, 4.69) is 28.5 Å². The van der Waals surface area contributed by atoms with E-state index in [1.165, 1.54) is 159 Å². The summed E-state index contributed by atoms with van der Waals surface area (Å²) in [6.45, 7) is 1.13. The van der Waals surface area contributed by atoms with Crippen LogP contribution in [0.15, 0.2) is 4.74 Å². The second kappa shape index (κ2) is 16.8. The van der Waals surface area contributed by atoms with Crippen molar-refractivity contribution in [3.8, 4) is 0 Å². The van der Waals surface area contributed by atoms with Crippen LogP contribution >= 0.6 is 35.5 Å². The molecule has 0 radical (unpaired) electrons. The van der Waals surface area contributed by atoms with Gasteiger partial charge in [0.1, 0.15) is 0 Å². The molecule has 36 heavy (non-hydrogen) atoms. The van der Waals surface area contributed by atoms with Gasteiger partial charge >= 0.3 is 39.3 Å². The van der Waals surface area contributed by atoms with Crippen LogP contribution in [0.3, 0.4) is 0 Å². The zero-order chi connectivity index (χ0) is 25.1. The Labute approximate surface area is 244 Å². The van der Waals surface area contributed by atoms with Gasteiger partial charge in [-0.05, 0) is 62.6 Å². The van der Waals surface area contributed by atoms with Crippen molar-refractivity contribution in [3.05, 3.63) is 5.32 Å². The molecule has 0 bridgehead atoms. The SMILES string of the molecule is C1CCC(C2CCCC(CN=P(C3CCCCC3)(C3CCCCC3)C3CCCCC3)[N-]2)CC1.[Br][Ni+][Br]. The third-order valence-corrected chi connectivity index (χ3v) is 16.4. The van der Waals surface area contributed by atoms with E-state index < -0.39 is 7.05 Å². The first-order chi connectivity index (χ1) is 17.8. The van der Waals surface area contributed by atoms with Gasteiger partial charge in [-0.25, -0.2) is 0 Å². The maximum atomic E-state index is 6.15. The van der Waals surface area contributed by atoms with Crippen molar-refractivity contribution in [3.63, 3.8) is 0 Å². The molecule has 6 heteroatoms. The molecule has 0 N–H and O–H groups in total. The molecule has 4 aliphatic carbocycles. The Balaban J connectivity index is 0.000000967. The molecule has 1 aliphatic heterocycles. The van der Waals surface area contributed by atoms with Gasteiger partial charge in [0.05, 0.1) is 0 Å². The van der Waals surface area contributed by atoms with Crippen molar-refractivity contribution >= 4 is 35.5 Å². The summed E-state index contributed by atoms with van der Waals surface area (Å²) in [5.74, 6) is 0.913. The van der Waals surface area contributed by atoms with Gasteiger partial charge in [0.15, 0.2) is 0 Å². The topological polar surface area (TPSA) is 26.5 Å². The first kappa shape index (κ1) is 30.6. The van der Waals surface area contributed by atoms with E-state index in [1.807, 2.05) is 0 Å². The van der Waals surface area contributed by atoms with Crippen LogP contribution in [0.4, 0.5) is 0 Å². The third kappa shape index (κ3) is 8.33. The fourth-order valence-electron chi connectivity index (χ4n) is 8.96. The van der Waals surface area contributed by atoms with E-state index in [0.717, 1.165) is 29.4 Å². The molecule has 2 atom stereocenters. The molecule has 5 fully saturated rings. The molecule has 5 aliphatic rings. The van der Waals surface area contributed by atoms with E-state index in [1.54, 1.807) is 0 Å². The molecule has 0 aromatic carbocycles. The Kier molecular flexibility index (Phi) is 14.3. The van der Waals surface area contributed by atoms with Crippen LogP contribution in [0.5, 0.6) is 0 Å². The van der Waals surface area contributed by atoms with Crippen molar-refractivity contribution in [2.75, 3.05) is 6.54 Å². The summed E-state index contributed by atoms with van der Waals surface area (Å²) in [7, 11) is -0.0260. The number of halogens is 2. The van der Waals surface area contributed by atoms with Crippen molar-refractivity contribution in [1.82, 2.24) is 0 Å². The van der Waals surface area contributed by atoms with Crippen molar-refractivity contribution < 1.29 is 10.9 Å². The molecule has 5 rings (SSSR count). The standard InChI is InChI=1S/C30H54N2P.2BrH.Ni/c1-5-14-25(15-6-1)30-23-13-16-26(32-30)24-31-33(27-17-7-2-8-18-27,28-19-9-3-10-20-28)29-21-11-4-12-22-29;;;/h25-30H,1-24H2;2*1H;/q-1;;;+3/p-2. The number of hydrogen-bond donors (Lipinski definition) is 0. The third-order valence-electron chi connectivity index (χ3n) is 10.6. The fourth-order valence-corrected chi connectivity index (χ4v) is 15.5. The van der Waals surface area contributed by atoms with Crippen LogP contribution < -0.4 is 0 Å². The molecule has 213 valence electrons. The van der Waals surface area contributed by atoms with Crippen molar-refractivity contribution in [2.45, 2.75) is 177 Å². The van der Waals surface area contributed by atoms with Crippen LogP contribution in [0.2, 0.25) is 0 Å². The minimum absolute atomic E-state index is 0.570. The van der Waals surface area contributed by atoms with Gasteiger partial charge in [0, 0.05) is 6.54 Å². The molecule has 2 nitrogen and oxygen atoms in total. The monoisotopic (exact) mass is 689 g/mol. The average molecular weight is 692 g/mol. The van der Waals surface area contributed by atoms with E-state index in [9.17, 15) is 0 Å². The zero-order valence-corrected chi connectivity index (χ0v) is 27.9. The second-order valence-electron chi connectivity index (χ2n) is 12.7. The van der Waals surface area contributed by atoms with Gasteiger partial charge in [-0.2, -0.15) is 0 Å². The second-order valence-corrected chi connectivity index (χ2v) is 21.8. The fraction of sp³-hybridized carbons (Fsp3) is 1.00. The summed E-state index contributed by atoms with van der Waals surface area (Å²) >= 11 is 6.00. The summed E-state index contributed by atoms with van der Waals surface area (Å²) in [6.07, 6.45) is 34.1. The Morgan fingerprint density at radius 2 is 0.972 bits per heavy atom. The van der Waals surface area contributed by atoms with Crippen LogP contribution in [0.25, 0.3) is 5.32 Å². The minimum atomic E-state index is -1.28. The van der Waals surface area contributed by atoms with E-state index in [0.29, 0.717) is 12.1 Å². The number of rotatable bonds is 6. The number of hydrogen-bond acceptors (Lipinski definition) is 1. The van der Waals surface area contributed by atoms with Crippen molar-refractivity contribution in [2.24, 2.45) is 10.7 Å². The molecule has 0 amide bonds. The molecule has 0 aromatic heterocycles. The zero-order valence-electron chi connectivity index (χ0n) is 22.8. The number of nitrogens with zero attached hydrogens (tertiary/aromatic N) is 2. The number of piperidine rings is 1. The van der Waals surface area contributed by atoms with Crippen LogP contribution in [0, 0.1) is 5.92 Å². The Bertz CT molecular complexity index is 601. The molecule has 0 aromatic rings. The summed E-state index contributed by atoms with van der Waals surface area (Å²) in [5, 5.41) is 5.57. The average Bonchev–Trinajstić information content (AvgIpc) is 2.96. The van der Waals surface area contributed by atoms with Gasteiger partial charge in [0.2, 0.25) is 0 Å². The van der Waals surface area contributed by atoms with E-state index in [-0.39, 0.29) is 0 Å². The first-order valence-corrected chi connectivity index (χ1v) is 22.7. The Hall–Kier alpha value is 1.64. The Morgan fingerprint density at radius 3 is 1.42 bits per heavy atom. The molecule has 1 saturated heterocycles. The van der Waals surface area contributed by atoms with Crippen LogP contribution in [-0.4, -0.2) is 35.6 Å². The molecule has 2 unspecified atom stereocenters. The van der Waals surface area contributed by atoms with Gasteiger partial charge in [-0.3, -0.25) is 0 Å². The normalized spacial score (nSPS) is 30.5. The summed E-state index contributed by atoms with van der Waals surface area (Å²) < 4.78 is 6.15. The molecule has 1 heterocycles. The van der Waals surface area contributed by atoms with Gasteiger partial charge in [0.25, 0.3) is 0 Å². The Morgan fingerprint density at radius 1 is 0.556 bits per heavy atom. The van der Waals surface area contributed by atoms with Gasteiger partial charge in [-0.1, -0.05) is 115 Å². The summed E-state index contributed by atoms with van der Waals surface area (Å²) in [4.78, 5) is 0. The predicted molar refractivity (Wildman–Crippen MR) is 164 cm³/mol. The quantitative estimate of drug-likeness (QED) is 0.196. The van der Waals surface area contributed by atoms with Crippen LogP contribution in [-0.2, 0) is 10.9 Å². The summed E-state index contributed by atoms with van der Waals surface area (Å²) in [6, 6.07) is 1.26. The van der Waals surface area contributed by atoms with E-state index in [4.69, 9.17) is 10.1 Å². The maximum absolute atomic E-state index is 6.15. The predicted octanol–water partition coefficient (Wildman–Crippen LogP) is 11.7. The van der Waals surface area contributed by atoms with E-state index >= 15 is 0 Å². The summed E-state index contributed by atoms with van der Waals surface area (Å²) in [5.41, 5.74) is 2.99. The first-order valence-electron chi connectivity index (χ1n) is 15.9.